The van der Waals surface area contributed by atoms with Crippen molar-refractivity contribution in [3.8, 4) is 10.6 Å². The highest BCUT2D eigenvalue weighted by Crippen LogP contribution is 2.30. The number of thiophene rings is 1. The molecule has 1 aliphatic carbocycles. The zero-order valence-corrected chi connectivity index (χ0v) is 12.5. The van der Waals surface area contributed by atoms with Gasteiger partial charge >= 0.3 is 0 Å². The van der Waals surface area contributed by atoms with Crippen LogP contribution in [-0.4, -0.2) is 16.0 Å². The number of nitrogens with zero attached hydrogens (tertiary/aromatic N) is 2. The quantitative estimate of drug-likeness (QED) is 0.935. The van der Waals surface area contributed by atoms with Gasteiger partial charge in [-0.1, -0.05) is 0 Å². The van der Waals surface area contributed by atoms with Crippen molar-refractivity contribution in [1.82, 2.24) is 15.3 Å². The number of hydrogen-bond donors (Lipinski definition) is 1. The van der Waals surface area contributed by atoms with E-state index in [1.165, 1.54) is 17.7 Å². The Kier molecular flexibility index (Phi) is 3.46. The van der Waals surface area contributed by atoms with Crippen LogP contribution in [0.5, 0.6) is 0 Å². The molecule has 1 saturated carbocycles. The summed E-state index contributed by atoms with van der Waals surface area (Å²) in [7, 11) is 0. The molecule has 2 aromatic rings. The van der Waals surface area contributed by atoms with Crippen molar-refractivity contribution < 1.29 is 0 Å². The van der Waals surface area contributed by atoms with Crippen LogP contribution in [0, 0.1) is 6.92 Å². The molecule has 1 N–H and O–H groups in total. The van der Waals surface area contributed by atoms with E-state index < -0.39 is 0 Å². The minimum atomic E-state index is 0.688. The molecule has 0 saturated heterocycles. The third-order valence-electron chi connectivity index (χ3n) is 2.85. The number of aromatic nitrogens is 2. The summed E-state index contributed by atoms with van der Waals surface area (Å²) < 4.78 is 1.13. The van der Waals surface area contributed by atoms with Crippen LogP contribution in [0.2, 0.25) is 0 Å². The number of halogens is 1. The second-order valence-corrected chi connectivity index (χ2v) is 7.03. The zero-order chi connectivity index (χ0) is 12.5. The third kappa shape index (κ3) is 2.96. The van der Waals surface area contributed by atoms with Gasteiger partial charge in [0.1, 0.15) is 5.82 Å². The van der Waals surface area contributed by atoms with Gasteiger partial charge in [0.25, 0.3) is 0 Å². The van der Waals surface area contributed by atoms with E-state index >= 15 is 0 Å². The van der Waals surface area contributed by atoms with Crippen LogP contribution in [0.3, 0.4) is 0 Å². The lowest BCUT2D eigenvalue weighted by Crippen LogP contribution is -2.17. The van der Waals surface area contributed by atoms with Gasteiger partial charge in [0.15, 0.2) is 0 Å². The summed E-state index contributed by atoms with van der Waals surface area (Å²) >= 11 is 5.19. The van der Waals surface area contributed by atoms with Gasteiger partial charge in [0.2, 0.25) is 0 Å². The van der Waals surface area contributed by atoms with Crippen molar-refractivity contribution in [2.24, 2.45) is 0 Å². The lowest BCUT2D eigenvalue weighted by molar-refractivity contribution is 0.656. The van der Waals surface area contributed by atoms with Crippen molar-refractivity contribution in [3.05, 3.63) is 33.5 Å². The van der Waals surface area contributed by atoms with E-state index in [4.69, 9.17) is 0 Å². The van der Waals surface area contributed by atoms with E-state index in [0.29, 0.717) is 6.04 Å². The van der Waals surface area contributed by atoms with E-state index in [-0.39, 0.29) is 0 Å². The Labute approximate surface area is 119 Å². The Morgan fingerprint density at radius 2 is 2.22 bits per heavy atom. The molecule has 2 heterocycles. The molecule has 0 spiro atoms. The van der Waals surface area contributed by atoms with Crippen LogP contribution >= 0.6 is 27.3 Å². The molecule has 1 aliphatic rings. The normalized spacial score (nSPS) is 15.0. The number of nitrogens with one attached hydrogen (secondary N) is 1. The van der Waals surface area contributed by atoms with Crippen LogP contribution in [0.1, 0.15) is 24.4 Å². The first-order valence-electron chi connectivity index (χ1n) is 6.04. The first-order valence-corrected chi connectivity index (χ1v) is 7.65. The Hall–Kier alpha value is -0.780. The molecule has 0 atom stereocenters. The van der Waals surface area contributed by atoms with Crippen molar-refractivity contribution in [1.29, 1.82) is 0 Å². The van der Waals surface area contributed by atoms with Crippen LogP contribution in [0.25, 0.3) is 10.6 Å². The largest absolute Gasteiger partial charge is 0.307 e. The molecule has 94 valence electrons. The molecular formula is C13H14BrN3S. The standard InChI is InChI=1S/C13H14BrN3S/c1-8-6-10(11-4-5-12(14)18-11)17-13(16-8)7-15-9-2-3-9/h4-6,9,15H,2-3,7H2,1H3. The predicted octanol–water partition coefficient (Wildman–Crippen LogP) is 3.53. The van der Waals surface area contributed by atoms with Gasteiger partial charge in [-0.15, -0.1) is 11.3 Å². The van der Waals surface area contributed by atoms with Crippen molar-refractivity contribution in [2.45, 2.75) is 32.4 Å². The second-order valence-electron chi connectivity index (χ2n) is 4.57. The highest BCUT2D eigenvalue weighted by molar-refractivity contribution is 9.11. The van der Waals surface area contributed by atoms with Crippen LogP contribution in [0.15, 0.2) is 22.0 Å². The Bertz CT molecular complexity index is 563. The summed E-state index contributed by atoms with van der Waals surface area (Å²) in [6.07, 6.45) is 2.58. The van der Waals surface area contributed by atoms with E-state index in [1.807, 2.05) is 13.0 Å². The lowest BCUT2D eigenvalue weighted by atomic mass is 10.3. The molecule has 3 rings (SSSR count). The van der Waals surface area contributed by atoms with E-state index in [1.54, 1.807) is 11.3 Å². The maximum Gasteiger partial charge on any atom is 0.143 e. The van der Waals surface area contributed by atoms with Crippen molar-refractivity contribution in [3.63, 3.8) is 0 Å². The molecule has 0 radical (unpaired) electrons. The summed E-state index contributed by atoms with van der Waals surface area (Å²) in [6.45, 7) is 2.79. The lowest BCUT2D eigenvalue weighted by Gasteiger charge is -2.05. The number of rotatable bonds is 4. The van der Waals surface area contributed by atoms with E-state index in [9.17, 15) is 0 Å². The Morgan fingerprint density at radius 1 is 1.39 bits per heavy atom. The summed E-state index contributed by atoms with van der Waals surface area (Å²) in [5.41, 5.74) is 2.04. The maximum absolute atomic E-state index is 4.63. The smallest absolute Gasteiger partial charge is 0.143 e. The van der Waals surface area contributed by atoms with Gasteiger partial charge in [-0.3, -0.25) is 0 Å². The fourth-order valence-electron chi connectivity index (χ4n) is 1.81. The topological polar surface area (TPSA) is 37.8 Å². The molecule has 0 aromatic carbocycles. The Morgan fingerprint density at radius 3 is 2.89 bits per heavy atom. The summed E-state index contributed by atoms with van der Waals surface area (Å²) in [6, 6.07) is 6.88. The minimum Gasteiger partial charge on any atom is -0.307 e. The molecule has 18 heavy (non-hydrogen) atoms. The highest BCUT2D eigenvalue weighted by atomic mass is 79.9. The first kappa shape index (κ1) is 12.3. The van der Waals surface area contributed by atoms with Crippen LogP contribution in [-0.2, 0) is 6.54 Å². The van der Waals surface area contributed by atoms with Gasteiger partial charge in [-0.2, -0.15) is 0 Å². The van der Waals surface area contributed by atoms with Crippen LogP contribution < -0.4 is 5.32 Å². The van der Waals surface area contributed by atoms with Gasteiger partial charge in [0, 0.05) is 11.7 Å². The average molecular weight is 324 g/mol. The second kappa shape index (κ2) is 5.07. The molecule has 3 nitrogen and oxygen atoms in total. The Balaban J connectivity index is 1.84. The zero-order valence-electron chi connectivity index (χ0n) is 10.1. The molecular weight excluding hydrogens is 310 g/mol. The van der Waals surface area contributed by atoms with Gasteiger partial charge < -0.3 is 5.32 Å². The summed E-state index contributed by atoms with van der Waals surface area (Å²) in [5, 5.41) is 3.45. The van der Waals surface area contributed by atoms with E-state index in [0.717, 1.165) is 27.5 Å². The predicted molar refractivity (Wildman–Crippen MR) is 77.6 cm³/mol. The van der Waals surface area contributed by atoms with Crippen molar-refractivity contribution >= 4 is 27.3 Å². The SMILES string of the molecule is Cc1cc(-c2ccc(Br)s2)nc(CNC2CC2)n1. The van der Waals surface area contributed by atoms with Gasteiger partial charge in [-0.05, 0) is 53.9 Å². The number of hydrogen-bond acceptors (Lipinski definition) is 4. The fourth-order valence-corrected chi connectivity index (χ4v) is 3.16. The molecule has 0 amide bonds. The first-order chi connectivity index (χ1) is 8.70. The van der Waals surface area contributed by atoms with Gasteiger partial charge in [-0.25, -0.2) is 9.97 Å². The fraction of sp³-hybridized carbons (Fsp3) is 0.385. The van der Waals surface area contributed by atoms with Gasteiger partial charge in [0.05, 0.1) is 20.9 Å². The molecule has 2 aromatic heterocycles. The molecule has 0 unspecified atom stereocenters. The van der Waals surface area contributed by atoms with Crippen molar-refractivity contribution in [2.75, 3.05) is 0 Å². The average Bonchev–Trinajstić information content (AvgIpc) is 3.07. The minimum absolute atomic E-state index is 0.688. The highest BCUT2D eigenvalue weighted by Gasteiger charge is 2.20. The molecule has 5 heteroatoms. The molecule has 0 aliphatic heterocycles. The maximum atomic E-state index is 4.63. The third-order valence-corrected chi connectivity index (χ3v) is 4.50. The summed E-state index contributed by atoms with van der Waals surface area (Å²) in [4.78, 5) is 10.3. The monoisotopic (exact) mass is 323 g/mol. The number of aryl methyl sites for hydroxylation is 1. The summed E-state index contributed by atoms with van der Waals surface area (Å²) in [5.74, 6) is 0.890. The van der Waals surface area contributed by atoms with E-state index in [2.05, 4.69) is 43.3 Å². The molecule has 1 fully saturated rings. The van der Waals surface area contributed by atoms with Crippen LogP contribution in [0.4, 0.5) is 0 Å². The molecule has 0 bridgehead atoms.